The second-order valence-corrected chi connectivity index (χ2v) is 6.82. The highest BCUT2D eigenvalue weighted by atomic mass is 79.9. The first-order valence-corrected chi connectivity index (χ1v) is 8.37. The molecule has 2 nitrogen and oxygen atoms in total. The molecule has 0 heterocycles. The Hall–Kier alpha value is -0.710. The van der Waals surface area contributed by atoms with Gasteiger partial charge >= 0.3 is 0 Å². The van der Waals surface area contributed by atoms with Crippen LogP contribution in [0.1, 0.15) is 16.5 Å². The lowest BCUT2D eigenvalue weighted by atomic mass is 10.0. The number of ether oxygens (including phenoxy) is 2. The van der Waals surface area contributed by atoms with Gasteiger partial charge in [0.2, 0.25) is 0 Å². The van der Waals surface area contributed by atoms with E-state index in [0.29, 0.717) is 12.2 Å². The molecule has 112 valence electrons. The van der Waals surface area contributed by atoms with Gasteiger partial charge < -0.3 is 9.47 Å². The summed E-state index contributed by atoms with van der Waals surface area (Å²) in [6, 6.07) is 11.9. The van der Waals surface area contributed by atoms with Crippen molar-refractivity contribution in [2.45, 2.75) is 11.8 Å². The number of methoxy groups -OCH3 is 2. The van der Waals surface area contributed by atoms with Crippen LogP contribution < -0.4 is 9.47 Å². The van der Waals surface area contributed by atoms with Crippen LogP contribution in [0.25, 0.3) is 0 Å². The molecular weight excluding hydrogens is 419 g/mol. The highest BCUT2D eigenvalue weighted by Gasteiger charge is 2.14. The molecule has 0 spiro atoms. The molecule has 0 aliphatic rings. The van der Waals surface area contributed by atoms with Gasteiger partial charge in [-0.15, -0.1) is 11.6 Å². The van der Waals surface area contributed by atoms with E-state index in [9.17, 15) is 0 Å². The standard InChI is InChI=1S/C16H15Br2ClO2/c1-20-15-6-3-10(8-16(15)21-2)7-14(19)12-5-4-11(17)9-13(12)18/h3-6,8-9,14H,7H2,1-2H3. The average molecular weight is 435 g/mol. The van der Waals surface area contributed by atoms with Gasteiger partial charge in [-0.1, -0.05) is 44.0 Å². The summed E-state index contributed by atoms with van der Waals surface area (Å²) in [4.78, 5) is 0. The minimum Gasteiger partial charge on any atom is -0.493 e. The molecule has 0 N–H and O–H groups in total. The monoisotopic (exact) mass is 432 g/mol. The highest BCUT2D eigenvalue weighted by molar-refractivity contribution is 9.11. The van der Waals surface area contributed by atoms with E-state index in [4.69, 9.17) is 21.1 Å². The quantitative estimate of drug-likeness (QED) is 0.558. The molecule has 0 bridgehead atoms. The second kappa shape index (κ2) is 7.52. The molecule has 0 radical (unpaired) electrons. The number of alkyl halides is 1. The van der Waals surface area contributed by atoms with Crippen molar-refractivity contribution in [2.75, 3.05) is 14.2 Å². The largest absolute Gasteiger partial charge is 0.493 e. The first kappa shape index (κ1) is 16.7. The van der Waals surface area contributed by atoms with Crippen molar-refractivity contribution in [3.05, 3.63) is 56.5 Å². The molecule has 21 heavy (non-hydrogen) atoms. The zero-order valence-electron chi connectivity index (χ0n) is 11.7. The van der Waals surface area contributed by atoms with E-state index in [0.717, 1.165) is 25.8 Å². The zero-order valence-corrected chi connectivity index (χ0v) is 15.6. The van der Waals surface area contributed by atoms with Gasteiger partial charge in [0, 0.05) is 8.95 Å². The Morgan fingerprint density at radius 3 is 2.33 bits per heavy atom. The van der Waals surface area contributed by atoms with Crippen LogP contribution in [-0.2, 0) is 6.42 Å². The molecule has 2 aromatic rings. The molecule has 0 aliphatic carbocycles. The molecule has 0 aliphatic heterocycles. The molecule has 0 amide bonds. The van der Waals surface area contributed by atoms with Gasteiger partial charge in [0.15, 0.2) is 11.5 Å². The number of rotatable bonds is 5. The van der Waals surface area contributed by atoms with E-state index in [1.54, 1.807) is 14.2 Å². The molecule has 2 aromatic carbocycles. The fraction of sp³-hybridized carbons (Fsp3) is 0.250. The van der Waals surface area contributed by atoms with Crippen molar-refractivity contribution < 1.29 is 9.47 Å². The molecule has 0 saturated carbocycles. The summed E-state index contributed by atoms with van der Waals surface area (Å²) in [5, 5.41) is -0.120. The zero-order chi connectivity index (χ0) is 15.4. The van der Waals surface area contributed by atoms with E-state index >= 15 is 0 Å². The normalized spacial score (nSPS) is 12.0. The van der Waals surface area contributed by atoms with Crippen LogP contribution in [0.3, 0.4) is 0 Å². The van der Waals surface area contributed by atoms with Crippen LogP contribution in [0.5, 0.6) is 11.5 Å². The van der Waals surface area contributed by atoms with Crippen molar-refractivity contribution >= 4 is 43.5 Å². The Balaban J connectivity index is 2.21. The van der Waals surface area contributed by atoms with Gasteiger partial charge in [-0.3, -0.25) is 0 Å². The van der Waals surface area contributed by atoms with E-state index in [1.165, 1.54) is 0 Å². The lowest BCUT2D eigenvalue weighted by Gasteiger charge is -2.14. The van der Waals surface area contributed by atoms with Crippen LogP contribution in [-0.4, -0.2) is 14.2 Å². The maximum absolute atomic E-state index is 6.55. The van der Waals surface area contributed by atoms with E-state index < -0.39 is 0 Å². The molecule has 2 rings (SSSR count). The lowest BCUT2D eigenvalue weighted by Crippen LogP contribution is -1.98. The third kappa shape index (κ3) is 4.15. The van der Waals surface area contributed by atoms with Gasteiger partial charge in [-0.25, -0.2) is 0 Å². The molecule has 1 unspecified atom stereocenters. The maximum atomic E-state index is 6.55. The summed E-state index contributed by atoms with van der Waals surface area (Å²) in [5.74, 6) is 1.44. The number of hydrogen-bond acceptors (Lipinski definition) is 2. The van der Waals surface area contributed by atoms with Crippen molar-refractivity contribution in [3.63, 3.8) is 0 Å². The van der Waals surface area contributed by atoms with E-state index in [-0.39, 0.29) is 5.38 Å². The van der Waals surface area contributed by atoms with Gasteiger partial charge in [0.1, 0.15) is 0 Å². The average Bonchev–Trinajstić information content (AvgIpc) is 2.46. The summed E-state index contributed by atoms with van der Waals surface area (Å²) >= 11 is 13.5. The molecule has 5 heteroatoms. The Morgan fingerprint density at radius 1 is 1.00 bits per heavy atom. The van der Waals surface area contributed by atoms with Gasteiger partial charge in [-0.2, -0.15) is 0 Å². The number of hydrogen-bond donors (Lipinski definition) is 0. The smallest absolute Gasteiger partial charge is 0.160 e. The molecule has 0 fully saturated rings. The van der Waals surface area contributed by atoms with Gasteiger partial charge in [-0.05, 0) is 41.8 Å². The fourth-order valence-electron chi connectivity index (χ4n) is 2.08. The van der Waals surface area contributed by atoms with Crippen molar-refractivity contribution in [1.29, 1.82) is 0 Å². The Morgan fingerprint density at radius 2 is 1.71 bits per heavy atom. The predicted octanol–water partition coefficient (Wildman–Crippen LogP) is 5.75. The minimum atomic E-state index is -0.120. The summed E-state index contributed by atoms with van der Waals surface area (Å²) in [5.41, 5.74) is 2.16. The second-order valence-electron chi connectivity index (χ2n) is 4.53. The summed E-state index contributed by atoms with van der Waals surface area (Å²) < 4.78 is 12.6. The molecule has 0 aromatic heterocycles. The number of benzene rings is 2. The van der Waals surface area contributed by atoms with E-state index in [1.807, 2.05) is 36.4 Å². The van der Waals surface area contributed by atoms with Gasteiger partial charge in [0.25, 0.3) is 0 Å². The first-order chi connectivity index (χ1) is 10.0. The van der Waals surface area contributed by atoms with E-state index in [2.05, 4.69) is 31.9 Å². The molecule has 0 saturated heterocycles. The summed E-state index contributed by atoms with van der Waals surface area (Å²) in [6.45, 7) is 0. The first-order valence-electron chi connectivity index (χ1n) is 6.35. The third-order valence-electron chi connectivity index (χ3n) is 3.16. The minimum absolute atomic E-state index is 0.120. The van der Waals surface area contributed by atoms with Crippen LogP contribution in [0.4, 0.5) is 0 Å². The van der Waals surface area contributed by atoms with Crippen LogP contribution in [0, 0.1) is 0 Å². The fourth-order valence-corrected chi connectivity index (χ4v) is 3.90. The summed E-state index contributed by atoms with van der Waals surface area (Å²) in [6.07, 6.45) is 0.710. The van der Waals surface area contributed by atoms with Crippen LogP contribution in [0.2, 0.25) is 0 Å². The number of halogens is 3. The Kier molecular flexibility index (Phi) is 5.97. The van der Waals surface area contributed by atoms with Crippen LogP contribution >= 0.6 is 43.5 Å². The Bertz CT molecular complexity index is 632. The molecule has 1 atom stereocenters. The predicted molar refractivity (Wildman–Crippen MR) is 93.7 cm³/mol. The third-order valence-corrected chi connectivity index (χ3v) is 4.73. The van der Waals surface area contributed by atoms with Crippen molar-refractivity contribution in [3.8, 4) is 11.5 Å². The SMILES string of the molecule is COc1ccc(CC(Cl)c2ccc(Br)cc2Br)cc1OC. The highest BCUT2D eigenvalue weighted by Crippen LogP contribution is 2.35. The van der Waals surface area contributed by atoms with Crippen molar-refractivity contribution in [1.82, 2.24) is 0 Å². The van der Waals surface area contributed by atoms with Gasteiger partial charge in [0.05, 0.1) is 19.6 Å². The molecular formula is C16H15Br2ClO2. The topological polar surface area (TPSA) is 18.5 Å². The Labute approximate surface area is 146 Å². The van der Waals surface area contributed by atoms with Crippen LogP contribution in [0.15, 0.2) is 45.3 Å². The maximum Gasteiger partial charge on any atom is 0.160 e. The lowest BCUT2D eigenvalue weighted by molar-refractivity contribution is 0.354. The summed E-state index contributed by atoms with van der Waals surface area (Å²) in [7, 11) is 3.26. The van der Waals surface area contributed by atoms with Crippen molar-refractivity contribution in [2.24, 2.45) is 0 Å².